The monoisotopic (exact) mass is 247 g/mol. The van der Waals surface area contributed by atoms with Crippen LogP contribution in [0.4, 0.5) is 0 Å². The van der Waals surface area contributed by atoms with E-state index in [9.17, 15) is 8.76 Å². The predicted molar refractivity (Wildman–Crippen MR) is 61.8 cm³/mol. The molecule has 0 fully saturated rings. The van der Waals surface area contributed by atoms with Gasteiger partial charge < -0.3 is 18.5 Å². The van der Waals surface area contributed by atoms with Gasteiger partial charge in [-0.15, -0.1) is 0 Å². The van der Waals surface area contributed by atoms with Crippen LogP contribution in [0.25, 0.3) is 0 Å². The van der Waals surface area contributed by atoms with Gasteiger partial charge in [-0.3, -0.25) is 0 Å². The Balaban J connectivity index is 2.04. The van der Waals surface area contributed by atoms with Gasteiger partial charge in [-0.2, -0.15) is 0 Å². The van der Waals surface area contributed by atoms with Gasteiger partial charge in [-0.05, 0) is 12.8 Å². The van der Waals surface area contributed by atoms with Gasteiger partial charge in [-0.1, -0.05) is 13.3 Å². The van der Waals surface area contributed by atoms with E-state index < -0.39 is 11.4 Å². The van der Waals surface area contributed by atoms with Gasteiger partial charge in [0.05, 0.1) is 24.6 Å². The third kappa shape index (κ3) is 5.48. The first-order valence-corrected chi connectivity index (χ1v) is 6.61. The molecule has 0 radical (unpaired) electrons. The minimum atomic E-state index is -2.38. The third-order valence-electron chi connectivity index (χ3n) is 2.42. The van der Waals surface area contributed by atoms with Crippen LogP contribution in [0.1, 0.15) is 26.2 Å². The number of nitrogens with zero attached hydrogens (tertiary/aromatic N) is 2. The summed E-state index contributed by atoms with van der Waals surface area (Å²) in [4.78, 5) is 4.42. The Kier molecular flexibility index (Phi) is 6.44. The summed E-state index contributed by atoms with van der Waals surface area (Å²) in [5.41, 5.74) is 0. The zero-order chi connectivity index (χ0) is 11.8. The molecule has 94 valence electrons. The molecule has 0 amide bonds. The summed E-state index contributed by atoms with van der Waals surface area (Å²) in [6.07, 6.45) is 7.26. The molecule has 0 aromatic carbocycles. The van der Waals surface area contributed by atoms with Crippen LogP contribution in [-0.2, 0) is 15.5 Å². The molecule has 0 saturated heterocycles. The molecule has 0 N–H and O–H groups in total. The average molecular weight is 247 g/mol. The van der Waals surface area contributed by atoms with E-state index in [2.05, 4.69) is 27.1 Å². The molecule has 0 saturated carbocycles. The van der Waals surface area contributed by atoms with E-state index in [1.165, 1.54) is 12.8 Å². The van der Waals surface area contributed by atoms with Crippen molar-refractivity contribution in [2.75, 3.05) is 26.4 Å². The van der Waals surface area contributed by atoms with Crippen LogP contribution in [0.2, 0.25) is 0 Å². The summed E-state index contributed by atoms with van der Waals surface area (Å²) in [6, 6.07) is 0. The maximum absolute atomic E-state index is 10.1. The van der Waals surface area contributed by atoms with Crippen molar-refractivity contribution in [2.24, 2.45) is 0 Å². The van der Waals surface area contributed by atoms with E-state index >= 15 is 0 Å². The second kappa shape index (κ2) is 7.65. The lowest BCUT2D eigenvalue weighted by atomic mass is 10.3. The van der Waals surface area contributed by atoms with Gasteiger partial charge in [0.25, 0.3) is 0 Å². The molecule has 6 heteroatoms. The van der Waals surface area contributed by atoms with E-state index in [0.29, 0.717) is 0 Å². The fourth-order valence-electron chi connectivity index (χ4n) is 1.56. The molecule has 5 nitrogen and oxygen atoms in total. The van der Waals surface area contributed by atoms with Gasteiger partial charge in [0.1, 0.15) is 0 Å². The number of unbranched alkanes of at least 4 members (excludes halogenated alkanes) is 1. The second-order valence-electron chi connectivity index (χ2n) is 3.80. The molecule has 0 aliphatic carbocycles. The van der Waals surface area contributed by atoms with Crippen LogP contribution in [0, 0.1) is 0 Å². The molecule has 0 spiro atoms. The molecule has 1 rings (SSSR count). The Labute approximate surface area is 99.5 Å². The highest BCUT2D eigenvalue weighted by Crippen LogP contribution is 2.08. The molecule has 0 aromatic rings. The zero-order valence-electron chi connectivity index (χ0n) is 9.63. The molecule has 0 aromatic heterocycles. The van der Waals surface area contributed by atoms with Crippen molar-refractivity contribution in [1.82, 2.24) is 9.80 Å². The quantitative estimate of drug-likeness (QED) is 0.474. The van der Waals surface area contributed by atoms with E-state index in [1.54, 1.807) is 0 Å². The lowest BCUT2D eigenvalue weighted by Gasteiger charge is -2.21. The first-order chi connectivity index (χ1) is 7.72. The fraction of sp³-hybridized carbons (Fsp3) is 0.800. The first kappa shape index (κ1) is 13.5. The topological polar surface area (TPSA) is 55.8 Å². The van der Waals surface area contributed by atoms with Gasteiger partial charge >= 0.3 is 0 Å². The van der Waals surface area contributed by atoms with Crippen LogP contribution < -0.4 is 0 Å². The van der Waals surface area contributed by atoms with E-state index in [4.69, 9.17) is 0 Å². The average Bonchev–Trinajstić information content (AvgIpc) is 2.69. The molecule has 1 unspecified atom stereocenters. The largest absolute Gasteiger partial charge is 0.750 e. The van der Waals surface area contributed by atoms with Crippen LogP contribution in [0.3, 0.4) is 0 Å². The highest BCUT2D eigenvalue weighted by atomic mass is 32.2. The Morgan fingerprint density at radius 2 is 1.94 bits per heavy atom. The molecule has 0 bridgehead atoms. The lowest BCUT2D eigenvalue weighted by molar-refractivity contribution is 0.235. The maximum Gasteiger partial charge on any atom is 0.0893 e. The Morgan fingerprint density at radius 3 is 2.50 bits per heavy atom. The van der Waals surface area contributed by atoms with E-state index in [0.717, 1.165) is 26.2 Å². The van der Waals surface area contributed by atoms with Crippen molar-refractivity contribution < 1.29 is 12.9 Å². The number of hydrogen-bond acceptors (Lipinski definition) is 5. The van der Waals surface area contributed by atoms with Gasteiger partial charge in [-0.25, -0.2) is 4.21 Å². The minimum Gasteiger partial charge on any atom is -0.750 e. The number of rotatable bonds is 8. The van der Waals surface area contributed by atoms with Crippen LogP contribution in [0.5, 0.6) is 0 Å². The van der Waals surface area contributed by atoms with E-state index in [1.807, 2.05) is 6.20 Å². The zero-order valence-corrected chi connectivity index (χ0v) is 10.4. The van der Waals surface area contributed by atoms with Crippen LogP contribution in [0.15, 0.2) is 12.4 Å². The van der Waals surface area contributed by atoms with Crippen molar-refractivity contribution in [3.8, 4) is 0 Å². The van der Waals surface area contributed by atoms with Crippen molar-refractivity contribution in [3.05, 3.63) is 12.4 Å². The Hall–Kier alpha value is -0.590. The SMILES string of the molecule is CCCCN1C=CN(CCCOS(=O)[O-])C1. The summed E-state index contributed by atoms with van der Waals surface area (Å²) in [5, 5.41) is 0. The van der Waals surface area contributed by atoms with Crippen LogP contribution >= 0.6 is 0 Å². The predicted octanol–water partition coefficient (Wildman–Crippen LogP) is 1.03. The standard InChI is InChI=1S/C10H20N2O3S/c1-2-3-5-11-7-8-12(10-11)6-4-9-15-16(13)14/h7-8H,2-6,9-10H2,1H3,(H,13,14)/p-1. The normalized spacial score (nSPS) is 17.1. The minimum absolute atomic E-state index is 0.259. The summed E-state index contributed by atoms with van der Waals surface area (Å²) >= 11 is -2.38. The van der Waals surface area contributed by atoms with Gasteiger partial charge in [0.15, 0.2) is 0 Å². The van der Waals surface area contributed by atoms with Crippen molar-refractivity contribution >= 4 is 11.4 Å². The summed E-state index contributed by atoms with van der Waals surface area (Å²) < 4.78 is 24.7. The molecule has 1 aliphatic rings. The van der Waals surface area contributed by atoms with E-state index in [-0.39, 0.29) is 6.61 Å². The van der Waals surface area contributed by atoms with Crippen molar-refractivity contribution in [3.63, 3.8) is 0 Å². The number of hydrogen-bond donors (Lipinski definition) is 0. The Morgan fingerprint density at radius 1 is 1.31 bits per heavy atom. The summed E-state index contributed by atoms with van der Waals surface area (Å²) in [7, 11) is 0. The molecule has 1 aliphatic heterocycles. The molecule has 1 atom stereocenters. The molecule has 16 heavy (non-hydrogen) atoms. The summed E-state index contributed by atoms with van der Waals surface area (Å²) in [6.45, 7) is 5.26. The fourth-order valence-corrected chi connectivity index (χ4v) is 1.82. The lowest BCUT2D eigenvalue weighted by Crippen LogP contribution is -2.27. The Bertz CT molecular complexity index is 248. The third-order valence-corrected chi connectivity index (χ3v) is 2.78. The summed E-state index contributed by atoms with van der Waals surface area (Å²) in [5.74, 6) is 0. The van der Waals surface area contributed by atoms with Gasteiger partial charge in [0, 0.05) is 25.5 Å². The maximum atomic E-state index is 10.1. The van der Waals surface area contributed by atoms with Gasteiger partial charge in [0.2, 0.25) is 0 Å². The highest BCUT2D eigenvalue weighted by molar-refractivity contribution is 7.74. The smallest absolute Gasteiger partial charge is 0.0893 e. The van der Waals surface area contributed by atoms with Crippen molar-refractivity contribution in [2.45, 2.75) is 26.2 Å². The highest BCUT2D eigenvalue weighted by Gasteiger charge is 2.10. The molecular formula is C10H19N2O3S-. The second-order valence-corrected chi connectivity index (χ2v) is 4.44. The molecule has 1 heterocycles. The van der Waals surface area contributed by atoms with Crippen molar-refractivity contribution in [1.29, 1.82) is 0 Å². The first-order valence-electron chi connectivity index (χ1n) is 5.61. The molecular weight excluding hydrogens is 228 g/mol. The van der Waals surface area contributed by atoms with Crippen LogP contribution in [-0.4, -0.2) is 44.9 Å².